The molecule has 4 heteroatoms. The average Bonchev–Trinajstić information content (AvgIpc) is 2.80. The summed E-state index contributed by atoms with van der Waals surface area (Å²) in [7, 11) is 0. The van der Waals surface area contributed by atoms with Gasteiger partial charge in [-0.3, -0.25) is 0 Å². The molecule has 0 aliphatic carbocycles. The number of fused-ring (bicyclic) bond motifs is 1. The number of rotatable bonds is 2. The SMILES string of the molecule is NCc1c(-c2ccccc2)nc2c(Cl)cccn12. The highest BCUT2D eigenvalue weighted by atomic mass is 35.5. The molecule has 2 aromatic heterocycles. The molecule has 0 amide bonds. The summed E-state index contributed by atoms with van der Waals surface area (Å²) >= 11 is 6.16. The first-order chi connectivity index (χ1) is 8.81. The maximum Gasteiger partial charge on any atom is 0.156 e. The van der Waals surface area contributed by atoms with E-state index in [1.54, 1.807) is 0 Å². The number of benzene rings is 1. The fourth-order valence-electron chi connectivity index (χ4n) is 2.11. The Balaban J connectivity index is 2.33. The maximum absolute atomic E-state index is 6.16. The molecule has 0 radical (unpaired) electrons. The van der Waals surface area contributed by atoms with Gasteiger partial charge in [0.2, 0.25) is 0 Å². The summed E-state index contributed by atoms with van der Waals surface area (Å²) in [5, 5.41) is 0.634. The number of halogens is 1. The van der Waals surface area contributed by atoms with Gasteiger partial charge in [-0.05, 0) is 12.1 Å². The van der Waals surface area contributed by atoms with Gasteiger partial charge in [0.25, 0.3) is 0 Å². The topological polar surface area (TPSA) is 43.3 Å². The average molecular weight is 258 g/mol. The highest BCUT2D eigenvalue weighted by Gasteiger charge is 2.13. The van der Waals surface area contributed by atoms with Crippen LogP contribution < -0.4 is 5.73 Å². The Kier molecular flexibility index (Phi) is 2.78. The van der Waals surface area contributed by atoms with Crippen LogP contribution in [0.5, 0.6) is 0 Å². The largest absolute Gasteiger partial charge is 0.325 e. The molecule has 90 valence electrons. The van der Waals surface area contributed by atoms with Crippen molar-refractivity contribution in [1.29, 1.82) is 0 Å². The van der Waals surface area contributed by atoms with Crippen molar-refractivity contribution in [3.8, 4) is 11.3 Å². The summed E-state index contributed by atoms with van der Waals surface area (Å²) in [5.41, 5.74) is 9.51. The van der Waals surface area contributed by atoms with E-state index in [0.29, 0.717) is 11.6 Å². The van der Waals surface area contributed by atoms with E-state index in [2.05, 4.69) is 4.98 Å². The van der Waals surface area contributed by atoms with E-state index in [1.165, 1.54) is 0 Å². The number of aromatic nitrogens is 2. The molecule has 3 nitrogen and oxygen atoms in total. The quantitative estimate of drug-likeness (QED) is 0.767. The standard InChI is InChI=1S/C14H12ClN3/c15-11-7-4-8-18-12(9-16)13(17-14(11)18)10-5-2-1-3-6-10/h1-8H,9,16H2. The molecule has 1 aromatic carbocycles. The number of hydrogen-bond acceptors (Lipinski definition) is 2. The van der Waals surface area contributed by atoms with Gasteiger partial charge in [0, 0.05) is 18.3 Å². The first-order valence-corrected chi connectivity index (χ1v) is 6.10. The Morgan fingerprint density at radius 3 is 2.61 bits per heavy atom. The smallest absolute Gasteiger partial charge is 0.156 e. The van der Waals surface area contributed by atoms with E-state index in [0.717, 1.165) is 22.6 Å². The Morgan fingerprint density at radius 2 is 1.89 bits per heavy atom. The number of imidazole rings is 1. The summed E-state index contributed by atoms with van der Waals surface area (Å²) in [5.74, 6) is 0. The molecule has 18 heavy (non-hydrogen) atoms. The van der Waals surface area contributed by atoms with Gasteiger partial charge in [-0.1, -0.05) is 41.9 Å². The molecule has 0 atom stereocenters. The molecule has 0 spiro atoms. The fraction of sp³-hybridized carbons (Fsp3) is 0.0714. The van der Waals surface area contributed by atoms with E-state index >= 15 is 0 Å². The molecule has 0 aliphatic heterocycles. The third-order valence-corrected chi connectivity index (χ3v) is 3.24. The lowest BCUT2D eigenvalue weighted by molar-refractivity contribution is 0.962. The van der Waals surface area contributed by atoms with E-state index in [4.69, 9.17) is 17.3 Å². The van der Waals surface area contributed by atoms with Crippen molar-refractivity contribution in [3.63, 3.8) is 0 Å². The van der Waals surface area contributed by atoms with Crippen LogP contribution in [0.3, 0.4) is 0 Å². The lowest BCUT2D eigenvalue weighted by atomic mass is 10.1. The lowest BCUT2D eigenvalue weighted by Crippen LogP contribution is -2.02. The molecule has 0 fully saturated rings. The molecule has 2 heterocycles. The third kappa shape index (κ3) is 1.68. The Morgan fingerprint density at radius 1 is 1.11 bits per heavy atom. The minimum Gasteiger partial charge on any atom is -0.325 e. The Bertz CT molecular complexity index is 689. The molecule has 3 aromatic rings. The van der Waals surface area contributed by atoms with Gasteiger partial charge in [-0.25, -0.2) is 4.98 Å². The third-order valence-electron chi connectivity index (χ3n) is 2.94. The van der Waals surface area contributed by atoms with Crippen LogP contribution in [0, 0.1) is 0 Å². The zero-order chi connectivity index (χ0) is 12.5. The summed E-state index contributed by atoms with van der Waals surface area (Å²) in [6, 6.07) is 13.7. The molecule has 2 N–H and O–H groups in total. The minimum atomic E-state index is 0.422. The van der Waals surface area contributed by atoms with Crippen LogP contribution in [0.1, 0.15) is 5.69 Å². The summed E-state index contributed by atoms with van der Waals surface area (Å²) in [6.07, 6.45) is 1.93. The first kappa shape index (κ1) is 11.3. The molecular formula is C14H12ClN3. The monoisotopic (exact) mass is 257 g/mol. The van der Waals surface area contributed by atoms with Crippen molar-refractivity contribution in [2.24, 2.45) is 5.73 Å². The van der Waals surface area contributed by atoms with Crippen molar-refractivity contribution >= 4 is 17.2 Å². The maximum atomic E-state index is 6.16. The van der Waals surface area contributed by atoms with Crippen molar-refractivity contribution in [2.75, 3.05) is 0 Å². The van der Waals surface area contributed by atoms with E-state index in [9.17, 15) is 0 Å². The summed E-state index contributed by atoms with van der Waals surface area (Å²) in [4.78, 5) is 4.60. The molecule has 0 aliphatic rings. The second-order valence-corrected chi connectivity index (χ2v) is 4.43. The van der Waals surface area contributed by atoms with Gasteiger partial charge >= 0.3 is 0 Å². The second kappa shape index (κ2) is 4.44. The molecule has 0 unspecified atom stereocenters. The number of nitrogens with zero attached hydrogens (tertiary/aromatic N) is 2. The van der Waals surface area contributed by atoms with Crippen LogP contribution in [0.4, 0.5) is 0 Å². The Labute approximate surface area is 110 Å². The highest BCUT2D eigenvalue weighted by molar-refractivity contribution is 6.33. The van der Waals surface area contributed by atoms with Crippen molar-refractivity contribution in [1.82, 2.24) is 9.38 Å². The van der Waals surface area contributed by atoms with Crippen molar-refractivity contribution in [2.45, 2.75) is 6.54 Å². The van der Waals surface area contributed by atoms with E-state index in [-0.39, 0.29) is 0 Å². The van der Waals surface area contributed by atoms with Crippen LogP contribution in [-0.2, 0) is 6.54 Å². The summed E-state index contributed by atoms with van der Waals surface area (Å²) < 4.78 is 1.95. The molecule has 0 bridgehead atoms. The number of nitrogens with two attached hydrogens (primary N) is 1. The number of hydrogen-bond donors (Lipinski definition) is 1. The van der Waals surface area contributed by atoms with E-state index < -0.39 is 0 Å². The lowest BCUT2D eigenvalue weighted by Gasteiger charge is -2.01. The van der Waals surface area contributed by atoms with Crippen LogP contribution >= 0.6 is 11.6 Å². The first-order valence-electron chi connectivity index (χ1n) is 5.72. The second-order valence-electron chi connectivity index (χ2n) is 4.03. The predicted molar refractivity (Wildman–Crippen MR) is 73.5 cm³/mol. The molecule has 0 saturated carbocycles. The van der Waals surface area contributed by atoms with Crippen LogP contribution in [0.15, 0.2) is 48.7 Å². The Hall–Kier alpha value is -1.84. The van der Waals surface area contributed by atoms with Gasteiger partial charge in [0.05, 0.1) is 16.4 Å². The van der Waals surface area contributed by atoms with Gasteiger partial charge in [0.1, 0.15) is 0 Å². The fourth-order valence-corrected chi connectivity index (χ4v) is 2.31. The van der Waals surface area contributed by atoms with Gasteiger partial charge in [-0.2, -0.15) is 0 Å². The van der Waals surface area contributed by atoms with E-state index in [1.807, 2.05) is 53.1 Å². The normalized spacial score (nSPS) is 11.0. The van der Waals surface area contributed by atoms with Gasteiger partial charge in [-0.15, -0.1) is 0 Å². The van der Waals surface area contributed by atoms with Crippen LogP contribution in [0.25, 0.3) is 16.9 Å². The van der Waals surface area contributed by atoms with Crippen molar-refractivity contribution in [3.05, 3.63) is 59.4 Å². The van der Waals surface area contributed by atoms with Crippen LogP contribution in [0.2, 0.25) is 5.02 Å². The van der Waals surface area contributed by atoms with Crippen LogP contribution in [-0.4, -0.2) is 9.38 Å². The summed E-state index contributed by atoms with van der Waals surface area (Å²) in [6.45, 7) is 0.422. The number of pyridine rings is 1. The van der Waals surface area contributed by atoms with Crippen molar-refractivity contribution < 1.29 is 0 Å². The zero-order valence-electron chi connectivity index (χ0n) is 9.68. The zero-order valence-corrected chi connectivity index (χ0v) is 10.4. The predicted octanol–water partition coefficient (Wildman–Crippen LogP) is 3.11. The molecule has 3 rings (SSSR count). The minimum absolute atomic E-state index is 0.422. The highest BCUT2D eigenvalue weighted by Crippen LogP contribution is 2.26. The molecule has 0 saturated heterocycles. The van der Waals surface area contributed by atoms with Gasteiger partial charge < -0.3 is 10.1 Å². The van der Waals surface area contributed by atoms with Gasteiger partial charge in [0.15, 0.2) is 5.65 Å². The molecular weight excluding hydrogens is 246 g/mol.